The fourth-order valence-electron chi connectivity index (χ4n) is 2.80. The van der Waals surface area contributed by atoms with Crippen molar-refractivity contribution >= 4 is 29.9 Å². The molecule has 7 heteroatoms. The minimum absolute atomic E-state index is 0. The topological polar surface area (TPSA) is 64.1 Å². The Labute approximate surface area is 180 Å². The van der Waals surface area contributed by atoms with E-state index in [1.165, 1.54) is 5.56 Å². The van der Waals surface area contributed by atoms with Crippen LogP contribution in [0.3, 0.4) is 0 Å². The summed E-state index contributed by atoms with van der Waals surface area (Å²) in [6.45, 7) is 11.0. The quantitative estimate of drug-likeness (QED) is 0.228. The molecule has 2 rings (SSSR count). The molecule has 154 valence electrons. The molecule has 1 aliphatic heterocycles. The van der Waals surface area contributed by atoms with Crippen molar-refractivity contribution in [3.05, 3.63) is 29.3 Å². The van der Waals surface area contributed by atoms with Crippen LogP contribution < -0.4 is 15.4 Å². The predicted octanol–water partition coefficient (Wildman–Crippen LogP) is 3.26. The van der Waals surface area contributed by atoms with E-state index < -0.39 is 0 Å². The molecule has 1 aromatic rings. The van der Waals surface area contributed by atoms with E-state index in [1.54, 1.807) is 0 Å². The van der Waals surface area contributed by atoms with Crippen molar-refractivity contribution in [1.29, 1.82) is 0 Å². The van der Waals surface area contributed by atoms with Gasteiger partial charge in [-0.2, -0.15) is 0 Å². The molecule has 6 nitrogen and oxygen atoms in total. The molecule has 0 radical (unpaired) electrons. The third kappa shape index (κ3) is 9.12. The van der Waals surface area contributed by atoms with Crippen molar-refractivity contribution in [1.82, 2.24) is 10.6 Å². The van der Waals surface area contributed by atoms with Gasteiger partial charge in [-0.15, -0.1) is 24.0 Å². The van der Waals surface area contributed by atoms with Crippen LogP contribution in [0.15, 0.2) is 23.2 Å². The normalized spacial score (nSPS) is 16.7. The summed E-state index contributed by atoms with van der Waals surface area (Å²) in [5.74, 6) is 1.69. The number of hydrogen-bond donors (Lipinski definition) is 2. The number of halogens is 1. The fourth-order valence-corrected chi connectivity index (χ4v) is 2.80. The third-order valence-electron chi connectivity index (χ3n) is 4.18. The summed E-state index contributed by atoms with van der Waals surface area (Å²) in [5.41, 5.74) is 2.24. The number of benzene rings is 1. The molecule has 27 heavy (non-hydrogen) atoms. The number of nitrogens with one attached hydrogen (secondary N) is 2. The van der Waals surface area contributed by atoms with Crippen LogP contribution in [0, 0.1) is 6.92 Å². The molecule has 1 saturated heterocycles. The second kappa shape index (κ2) is 14.0. The van der Waals surface area contributed by atoms with Crippen LogP contribution in [0.1, 0.15) is 37.8 Å². The van der Waals surface area contributed by atoms with E-state index in [1.807, 2.05) is 6.92 Å². The molecule has 0 aliphatic carbocycles. The third-order valence-corrected chi connectivity index (χ3v) is 4.18. The lowest BCUT2D eigenvalue weighted by molar-refractivity contribution is 0.110. The molecule has 1 aliphatic rings. The highest BCUT2D eigenvalue weighted by atomic mass is 127. The summed E-state index contributed by atoms with van der Waals surface area (Å²) < 4.78 is 16.9. The van der Waals surface area contributed by atoms with Gasteiger partial charge in [-0.05, 0) is 45.2 Å². The standard InChI is InChI=1S/C20H33N3O3.HI/c1-4-21-20(23-15-18-7-6-10-25-18)22-14-17-9-8-16(3)13-19(17)26-12-11-24-5-2;/h8-9,13,18H,4-7,10-12,14-15H2,1-3H3,(H2,21,22,23);1H. The fraction of sp³-hybridized carbons (Fsp3) is 0.650. The van der Waals surface area contributed by atoms with Gasteiger partial charge in [0, 0.05) is 31.9 Å². The maximum Gasteiger partial charge on any atom is 0.191 e. The molecule has 0 saturated carbocycles. The smallest absolute Gasteiger partial charge is 0.191 e. The Morgan fingerprint density at radius 3 is 2.81 bits per heavy atom. The van der Waals surface area contributed by atoms with Crippen molar-refractivity contribution in [2.24, 2.45) is 4.99 Å². The lowest BCUT2D eigenvalue weighted by atomic mass is 10.1. The number of guanidine groups is 1. The Morgan fingerprint density at radius 2 is 2.11 bits per heavy atom. The van der Waals surface area contributed by atoms with Crippen molar-refractivity contribution in [3.8, 4) is 5.75 Å². The highest BCUT2D eigenvalue weighted by Crippen LogP contribution is 2.21. The number of nitrogens with zero attached hydrogens (tertiary/aromatic N) is 1. The van der Waals surface area contributed by atoms with E-state index in [9.17, 15) is 0 Å². The number of hydrogen-bond acceptors (Lipinski definition) is 4. The van der Waals surface area contributed by atoms with Gasteiger partial charge in [-0.25, -0.2) is 4.99 Å². The summed E-state index contributed by atoms with van der Waals surface area (Å²) in [7, 11) is 0. The molecule has 1 unspecified atom stereocenters. The lowest BCUT2D eigenvalue weighted by Crippen LogP contribution is -2.41. The molecular weight excluding hydrogens is 457 g/mol. The Balaban J connectivity index is 0.00000364. The first-order valence-corrected chi connectivity index (χ1v) is 9.66. The van der Waals surface area contributed by atoms with E-state index >= 15 is 0 Å². The van der Waals surface area contributed by atoms with E-state index in [2.05, 4.69) is 42.7 Å². The van der Waals surface area contributed by atoms with Gasteiger partial charge in [0.05, 0.1) is 19.3 Å². The number of aryl methyl sites for hydroxylation is 1. The van der Waals surface area contributed by atoms with Crippen molar-refractivity contribution in [2.45, 2.75) is 46.3 Å². The maximum absolute atomic E-state index is 5.90. The van der Waals surface area contributed by atoms with E-state index in [-0.39, 0.29) is 30.1 Å². The van der Waals surface area contributed by atoms with Crippen molar-refractivity contribution in [3.63, 3.8) is 0 Å². The van der Waals surface area contributed by atoms with E-state index in [4.69, 9.17) is 19.2 Å². The highest BCUT2D eigenvalue weighted by Gasteiger charge is 2.15. The minimum Gasteiger partial charge on any atom is -0.491 e. The van der Waals surface area contributed by atoms with Crippen LogP contribution in [0.4, 0.5) is 0 Å². The summed E-state index contributed by atoms with van der Waals surface area (Å²) >= 11 is 0. The Kier molecular flexibility index (Phi) is 12.4. The number of rotatable bonds is 10. The van der Waals surface area contributed by atoms with Crippen molar-refractivity contribution < 1.29 is 14.2 Å². The molecule has 1 fully saturated rings. The first kappa shape index (κ1) is 24.0. The highest BCUT2D eigenvalue weighted by molar-refractivity contribution is 14.0. The predicted molar refractivity (Wildman–Crippen MR) is 120 cm³/mol. The van der Waals surface area contributed by atoms with Gasteiger partial charge in [0.1, 0.15) is 12.4 Å². The average molecular weight is 491 g/mol. The van der Waals surface area contributed by atoms with Gasteiger partial charge in [0.15, 0.2) is 5.96 Å². The molecule has 2 N–H and O–H groups in total. The van der Waals surface area contributed by atoms with Gasteiger partial charge in [-0.3, -0.25) is 0 Å². The van der Waals surface area contributed by atoms with Crippen LogP contribution in [0.25, 0.3) is 0 Å². The Bertz CT molecular complexity index is 563. The van der Waals surface area contributed by atoms with Gasteiger partial charge in [0.25, 0.3) is 0 Å². The second-order valence-electron chi connectivity index (χ2n) is 6.37. The molecule has 1 atom stereocenters. The lowest BCUT2D eigenvalue weighted by Gasteiger charge is -2.15. The second-order valence-corrected chi connectivity index (χ2v) is 6.37. The zero-order valence-corrected chi connectivity index (χ0v) is 19.1. The zero-order chi connectivity index (χ0) is 18.6. The van der Waals surface area contributed by atoms with E-state index in [0.717, 1.165) is 49.8 Å². The minimum atomic E-state index is 0. The summed E-state index contributed by atoms with van der Waals surface area (Å²) in [5, 5.41) is 6.67. The van der Waals surface area contributed by atoms with Gasteiger partial charge in [0.2, 0.25) is 0 Å². The molecule has 0 amide bonds. The summed E-state index contributed by atoms with van der Waals surface area (Å²) in [4.78, 5) is 4.71. The van der Waals surface area contributed by atoms with Crippen molar-refractivity contribution in [2.75, 3.05) is 39.5 Å². The molecule has 1 heterocycles. The first-order chi connectivity index (χ1) is 12.7. The molecular formula is C20H34IN3O3. The Hall–Kier alpha value is -1.06. The van der Waals surface area contributed by atoms with Crippen LogP contribution in [-0.2, 0) is 16.0 Å². The molecule has 1 aromatic carbocycles. The van der Waals surface area contributed by atoms with E-state index in [0.29, 0.717) is 26.4 Å². The van der Waals surface area contributed by atoms with Crippen LogP contribution in [0.5, 0.6) is 5.75 Å². The van der Waals surface area contributed by atoms with Crippen LogP contribution in [-0.4, -0.2) is 51.6 Å². The molecule has 0 spiro atoms. The number of ether oxygens (including phenoxy) is 3. The zero-order valence-electron chi connectivity index (χ0n) is 16.8. The molecule has 0 bridgehead atoms. The van der Waals surface area contributed by atoms with Crippen LogP contribution in [0.2, 0.25) is 0 Å². The Morgan fingerprint density at radius 1 is 1.26 bits per heavy atom. The maximum atomic E-state index is 5.90. The SMILES string of the molecule is CCNC(=NCc1ccc(C)cc1OCCOCC)NCC1CCCO1.I. The molecule has 0 aromatic heterocycles. The first-order valence-electron chi connectivity index (χ1n) is 9.66. The largest absolute Gasteiger partial charge is 0.491 e. The monoisotopic (exact) mass is 491 g/mol. The number of aliphatic imine (C=N–C) groups is 1. The van der Waals surface area contributed by atoms with Gasteiger partial charge in [-0.1, -0.05) is 12.1 Å². The summed E-state index contributed by atoms with van der Waals surface area (Å²) in [6, 6.07) is 6.23. The van der Waals surface area contributed by atoms with Gasteiger partial charge >= 0.3 is 0 Å². The van der Waals surface area contributed by atoms with Crippen LogP contribution >= 0.6 is 24.0 Å². The average Bonchev–Trinajstić information content (AvgIpc) is 3.16. The van der Waals surface area contributed by atoms with Gasteiger partial charge < -0.3 is 24.8 Å². The summed E-state index contributed by atoms with van der Waals surface area (Å²) in [6.07, 6.45) is 2.55.